The molecule has 0 saturated heterocycles. The quantitative estimate of drug-likeness (QED) is 0.914. The molecule has 4 nitrogen and oxygen atoms in total. The van der Waals surface area contributed by atoms with E-state index in [2.05, 4.69) is 31.2 Å². The Hall–Kier alpha value is -1.20. The highest BCUT2D eigenvalue weighted by atomic mass is 79.9. The van der Waals surface area contributed by atoms with Gasteiger partial charge in [-0.15, -0.1) is 0 Å². The zero-order valence-corrected chi connectivity index (χ0v) is 11.3. The fourth-order valence-corrected chi connectivity index (χ4v) is 1.85. The van der Waals surface area contributed by atoms with Crippen LogP contribution >= 0.6 is 15.9 Å². The number of rotatable bonds is 3. The average Bonchev–Trinajstić information content (AvgIpc) is 2.30. The third-order valence-electron chi connectivity index (χ3n) is 2.45. The van der Waals surface area contributed by atoms with Crippen molar-refractivity contribution in [1.82, 2.24) is 9.97 Å². The minimum atomic E-state index is -0.413. The fraction of sp³-hybridized carbons (Fsp3) is 0.333. The highest BCUT2D eigenvalue weighted by Gasteiger charge is 2.17. The van der Waals surface area contributed by atoms with Gasteiger partial charge >= 0.3 is 0 Å². The predicted octanol–water partition coefficient (Wildman–Crippen LogP) is 2.58. The highest BCUT2D eigenvalue weighted by molar-refractivity contribution is 9.10. The first-order valence-corrected chi connectivity index (χ1v) is 6.10. The van der Waals surface area contributed by atoms with Crippen LogP contribution in [0.4, 0.5) is 5.82 Å². The Labute approximate surface area is 108 Å². The third kappa shape index (κ3) is 2.73. The van der Waals surface area contributed by atoms with Crippen LogP contribution in [0.1, 0.15) is 13.8 Å². The monoisotopic (exact) mass is 295 g/mol. The summed E-state index contributed by atoms with van der Waals surface area (Å²) in [6.45, 7) is 3.87. The number of halogens is 1. The number of nitrogens with zero attached hydrogens (tertiary/aromatic N) is 2. The summed E-state index contributed by atoms with van der Waals surface area (Å²) in [7, 11) is 0. The first-order chi connectivity index (χ1) is 8.02. The molecule has 0 aliphatic heterocycles. The standard InChI is InChI=1S/C12H14BrN3O/c1-12(2,6-17)16-11-9-5-8(13)3-4-10(9)14-7-15-11/h3-5,7,17H,6H2,1-2H3,(H,14,15,16). The Bertz CT molecular complexity index is 542. The summed E-state index contributed by atoms with van der Waals surface area (Å²) in [4.78, 5) is 8.43. The zero-order valence-electron chi connectivity index (χ0n) is 9.74. The number of fused-ring (bicyclic) bond motifs is 1. The van der Waals surface area contributed by atoms with Crippen LogP contribution in [0.5, 0.6) is 0 Å². The second-order valence-corrected chi connectivity index (χ2v) is 5.47. The minimum absolute atomic E-state index is 0.0342. The van der Waals surface area contributed by atoms with E-state index in [-0.39, 0.29) is 6.61 Å². The molecule has 0 unspecified atom stereocenters. The van der Waals surface area contributed by atoms with Gasteiger partial charge in [0, 0.05) is 9.86 Å². The van der Waals surface area contributed by atoms with Gasteiger partial charge in [0.05, 0.1) is 17.7 Å². The topological polar surface area (TPSA) is 58.0 Å². The third-order valence-corrected chi connectivity index (χ3v) is 2.94. The molecule has 5 heteroatoms. The number of aromatic nitrogens is 2. The van der Waals surface area contributed by atoms with Crippen LogP contribution in [0.3, 0.4) is 0 Å². The summed E-state index contributed by atoms with van der Waals surface area (Å²) in [5, 5.41) is 13.4. The first-order valence-electron chi connectivity index (χ1n) is 5.31. The van der Waals surface area contributed by atoms with Gasteiger partial charge in [-0.05, 0) is 32.0 Å². The van der Waals surface area contributed by atoms with E-state index in [1.165, 1.54) is 6.33 Å². The van der Waals surface area contributed by atoms with Crippen molar-refractivity contribution in [2.24, 2.45) is 0 Å². The SMILES string of the molecule is CC(C)(CO)Nc1ncnc2ccc(Br)cc12. The molecule has 0 saturated carbocycles. The second kappa shape index (κ2) is 4.58. The molecule has 1 heterocycles. The summed E-state index contributed by atoms with van der Waals surface area (Å²) in [6, 6.07) is 5.83. The number of aliphatic hydroxyl groups is 1. The van der Waals surface area contributed by atoms with Crippen molar-refractivity contribution in [1.29, 1.82) is 0 Å². The lowest BCUT2D eigenvalue weighted by molar-refractivity contribution is 0.234. The summed E-state index contributed by atoms with van der Waals surface area (Å²) in [6.07, 6.45) is 1.52. The molecule has 0 atom stereocenters. The number of hydrogen-bond acceptors (Lipinski definition) is 4. The molecule has 0 fully saturated rings. The van der Waals surface area contributed by atoms with Crippen molar-refractivity contribution < 1.29 is 5.11 Å². The van der Waals surface area contributed by atoms with Gasteiger partial charge in [0.15, 0.2) is 0 Å². The lowest BCUT2D eigenvalue weighted by Crippen LogP contribution is -2.35. The van der Waals surface area contributed by atoms with Gasteiger partial charge < -0.3 is 10.4 Å². The van der Waals surface area contributed by atoms with Crippen LogP contribution in [0.25, 0.3) is 10.9 Å². The smallest absolute Gasteiger partial charge is 0.137 e. The second-order valence-electron chi connectivity index (χ2n) is 4.55. The Morgan fingerprint density at radius 1 is 1.35 bits per heavy atom. The van der Waals surface area contributed by atoms with Gasteiger partial charge in [-0.1, -0.05) is 15.9 Å². The maximum absolute atomic E-state index is 9.27. The van der Waals surface area contributed by atoms with Crippen LogP contribution in [-0.2, 0) is 0 Å². The molecule has 90 valence electrons. The van der Waals surface area contributed by atoms with Crippen molar-refractivity contribution in [2.75, 3.05) is 11.9 Å². The molecule has 0 radical (unpaired) electrons. The van der Waals surface area contributed by atoms with Gasteiger partial charge in [-0.2, -0.15) is 0 Å². The van der Waals surface area contributed by atoms with E-state index < -0.39 is 5.54 Å². The molecule has 1 aromatic carbocycles. The van der Waals surface area contributed by atoms with E-state index >= 15 is 0 Å². The van der Waals surface area contributed by atoms with Crippen molar-refractivity contribution in [3.8, 4) is 0 Å². The van der Waals surface area contributed by atoms with Crippen molar-refractivity contribution in [3.63, 3.8) is 0 Å². The Morgan fingerprint density at radius 3 is 2.82 bits per heavy atom. The van der Waals surface area contributed by atoms with E-state index in [0.717, 1.165) is 21.2 Å². The van der Waals surface area contributed by atoms with Gasteiger partial charge in [-0.3, -0.25) is 0 Å². The average molecular weight is 296 g/mol. The number of anilines is 1. The number of nitrogens with one attached hydrogen (secondary N) is 1. The molecule has 0 aliphatic rings. The lowest BCUT2D eigenvalue weighted by Gasteiger charge is -2.24. The molecule has 17 heavy (non-hydrogen) atoms. The molecule has 2 N–H and O–H groups in total. The van der Waals surface area contributed by atoms with E-state index in [4.69, 9.17) is 0 Å². The van der Waals surface area contributed by atoms with Crippen molar-refractivity contribution >= 4 is 32.7 Å². The summed E-state index contributed by atoms with van der Waals surface area (Å²) < 4.78 is 0.977. The lowest BCUT2D eigenvalue weighted by atomic mass is 10.1. The normalized spacial score (nSPS) is 11.8. The number of aliphatic hydroxyl groups excluding tert-OH is 1. The number of hydrogen-bond donors (Lipinski definition) is 2. The Kier molecular flexibility index (Phi) is 3.31. The maximum atomic E-state index is 9.27. The molecular formula is C12H14BrN3O. The molecule has 0 aliphatic carbocycles. The van der Waals surface area contributed by atoms with Gasteiger partial charge in [-0.25, -0.2) is 9.97 Å². The minimum Gasteiger partial charge on any atom is -0.394 e. The molecule has 2 rings (SSSR count). The van der Waals surface area contributed by atoms with E-state index in [1.54, 1.807) is 0 Å². The van der Waals surface area contributed by atoms with Gasteiger partial charge in [0.1, 0.15) is 12.1 Å². The fourth-order valence-electron chi connectivity index (χ4n) is 1.49. The van der Waals surface area contributed by atoms with E-state index in [1.807, 2.05) is 32.0 Å². The Balaban J connectivity index is 2.50. The molecular weight excluding hydrogens is 282 g/mol. The van der Waals surface area contributed by atoms with Crippen LogP contribution < -0.4 is 5.32 Å². The molecule has 0 bridgehead atoms. The van der Waals surface area contributed by atoms with Crippen LogP contribution in [0.2, 0.25) is 0 Å². The van der Waals surface area contributed by atoms with Gasteiger partial charge in [0.25, 0.3) is 0 Å². The molecule has 0 amide bonds. The summed E-state index contributed by atoms with van der Waals surface area (Å²) in [5.41, 5.74) is 0.461. The van der Waals surface area contributed by atoms with Gasteiger partial charge in [0.2, 0.25) is 0 Å². The van der Waals surface area contributed by atoms with Crippen molar-refractivity contribution in [2.45, 2.75) is 19.4 Å². The van der Waals surface area contributed by atoms with E-state index in [0.29, 0.717) is 0 Å². The Morgan fingerprint density at radius 2 is 2.12 bits per heavy atom. The van der Waals surface area contributed by atoms with Crippen LogP contribution in [0.15, 0.2) is 29.0 Å². The van der Waals surface area contributed by atoms with Crippen molar-refractivity contribution in [3.05, 3.63) is 29.0 Å². The van der Waals surface area contributed by atoms with Crippen LogP contribution in [-0.4, -0.2) is 27.2 Å². The van der Waals surface area contributed by atoms with Crippen LogP contribution in [0, 0.1) is 0 Å². The predicted molar refractivity (Wildman–Crippen MR) is 72.0 cm³/mol. The number of benzene rings is 1. The largest absolute Gasteiger partial charge is 0.394 e. The maximum Gasteiger partial charge on any atom is 0.137 e. The zero-order chi connectivity index (χ0) is 12.5. The summed E-state index contributed by atoms with van der Waals surface area (Å²) in [5.74, 6) is 0.732. The molecule has 1 aromatic heterocycles. The molecule has 2 aromatic rings. The summed E-state index contributed by atoms with van der Waals surface area (Å²) >= 11 is 3.43. The molecule has 0 spiro atoms. The van der Waals surface area contributed by atoms with E-state index in [9.17, 15) is 5.11 Å². The highest BCUT2D eigenvalue weighted by Crippen LogP contribution is 2.25. The first kappa shape index (κ1) is 12.3.